The fourth-order valence-electron chi connectivity index (χ4n) is 2.34. The van der Waals surface area contributed by atoms with Crippen molar-refractivity contribution in [2.45, 2.75) is 43.1 Å². The standard InChI is InChI=1S/C14H14F3S.CHF3O3S/c1-2-9-3-4-11-8-13(10-5-6-10)18(12(11)7-9)14(15,16)17;2-1(3,4)8(5,6)7/h3-4,7-8,10H,2,5-6H2,1H3;(H,5,6,7)/q+1;/p-1. The minimum absolute atomic E-state index is 0.174. The Morgan fingerprint density at radius 1 is 1.12 bits per heavy atom. The normalized spacial score (nSPS) is 16.4. The number of aryl methyl sites for hydroxylation is 1. The fraction of sp³-hybridized carbons (Fsp3) is 0.467. The molecule has 1 aromatic carbocycles. The van der Waals surface area contributed by atoms with Crippen molar-refractivity contribution in [1.82, 2.24) is 0 Å². The van der Waals surface area contributed by atoms with E-state index in [4.69, 9.17) is 13.0 Å². The van der Waals surface area contributed by atoms with Crippen molar-refractivity contribution >= 4 is 30.7 Å². The second kappa shape index (κ2) is 7.01. The number of halogens is 6. The molecule has 1 aliphatic rings. The minimum Gasteiger partial charge on any atom is -0.741 e. The number of thiophene rings is 1. The van der Waals surface area contributed by atoms with E-state index in [2.05, 4.69) is 0 Å². The van der Waals surface area contributed by atoms with Gasteiger partial charge in [-0.25, -0.2) is 8.42 Å². The quantitative estimate of drug-likeness (QED) is 0.277. The molecule has 0 radical (unpaired) electrons. The lowest BCUT2D eigenvalue weighted by Gasteiger charge is -2.08. The first-order valence-electron chi connectivity index (χ1n) is 7.43. The van der Waals surface area contributed by atoms with Gasteiger partial charge in [-0.3, -0.25) is 0 Å². The average Bonchev–Trinajstić information content (AvgIpc) is 3.24. The zero-order valence-corrected chi connectivity index (χ0v) is 15.0. The molecule has 1 unspecified atom stereocenters. The summed E-state index contributed by atoms with van der Waals surface area (Å²) in [5.41, 5.74) is -8.79. The second-order valence-electron chi connectivity index (χ2n) is 5.70. The summed E-state index contributed by atoms with van der Waals surface area (Å²) in [5, 5.41) is 0.773. The van der Waals surface area contributed by atoms with Crippen molar-refractivity contribution in [3.05, 3.63) is 34.7 Å². The SMILES string of the molecule is CCc1ccc2cc(C3CC3)[s+](C(F)(F)F)c2c1.O=S(=O)([O-])C(F)(F)F. The molecule has 1 heterocycles. The highest BCUT2D eigenvalue weighted by Crippen LogP contribution is 2.57. The van der Waals surface area contributed by atoms with Gasteiger partial charge in [0.05, 0.1) is 10.5 Å². The Morgan fingerprint density at radius 2 is 1.65 bits per heavy atom. The van der Waals surface area contributed by atoms with Gasteiger partial charge >= 0.3 is 11.0 Å². The van der Waals surface area contributed by atoms with Gasteiger partial charge in [0.25, 0.3) is 0 Å². The Labute approximate surface area is 148 Å². The molecule has 3 rings (SSSR count). The molecule has 3 nitrogen and oxygen atoms in total. The summed E-state index contributed by atoms with van der Waals surface area (Å²) in [4.78, 5) is 0.616. The fourth-order valence-corrected chi connectivity index (χ4v) is 4.56. The molecule has 1 aromatic heterocycles. The van der Waals surface area contributed by atoms with Crippen LogP contribution in [0.4, 0.5) is 26.3 Å². The topological polar surface area (TPSA) is 57.2 Å². The highest BCUT2D eigenvalue weighted by Gasteiger charge is 2.51. The Bertz CT molecular complexity index is 892. The van der Waals surface area contributed by atoms with E-state index in [1.165, 1.54) is 0 Å². The van der Waals surface area contributed by atoms with Gasteiger partial charge in [-0.1, -0.05) is 13.0 Å². The molecule has 146 valence electrons. The maximum Gasteiger partial charge on any atom is 0.600 e. The van der Waals surface area contributed by atoms with Gasteiger partial charge in [-0.2, -0.15) is 13.2 Å². The molecular weight excluding hydrogens is 406 g/mol. The first-order valence-corrected chi connectivity index (χ1v) is 10.1. The van der Waals surface area contributed by atoms with Gasteiger partial charge in [-0.15, -0.1) is 13.2 Å². The van der Waals surface area contributed by atoms with Crippen LogP contribution in [0.5, 0.6) is 0 Å². The van der Waals surface area contributed by atoms with E-state index < -0.39 is 31.6 Å². The lowest BCUT2D eigenvalue weighted by molar-refractivity contribution is -0.0867. The van der Waals surface area contributed by atoms with Crippen LogP contribution in [-0.4, -0.2) is 18.5 Å². The summed E-state index contributed by atoms with van der Waals surface area (Å²) in [5.74, 6) is 0.174. The maximum atomic E-state index is 13.3. The van der Waals surface area contributed by atoms with Gasteiger partial charge in [0, 0.05) is 23.4 Å². The predicted molar refractivity (Wildman–Crippen MR) is 84.8 cm³/mol. The third kappa shape index (κ3) is 4.68. The van der Waals surface area contributed by atoms with Gasteiger partial charge in [0.2, 0.25) is 0 Å². The van der Waals surface area contributed by atoms with E-state index >= 15 is 0 Å². The van der Waals surface area contributed by atoms with Gasteiger partial charge in [0.15, 0.2) is 19.7 Å². The minimum atomic E-state index is -6.09. The van der Waals surface area contributed by atoms with E-state index in [0.29, 0.717) is 9.58 Å². The molecule has 11 heteroatoms. The van der Waals surface area contributed by atoms with Crippen LogP contribution < -0.4 is 0 Å². The molecule has 0 bridgehead atoms. The van der Waals surface area contributed by atoms with Crippen LogP contribution in [0.15, 0.2) is 24.3 Å². The van der Waals surface area contributed by atoms with Crippen LogP contribution >= 0.6 is 10.5 Å². The molecule has 1 aliphatic carbocycles. The number of hydrogen-bond donors (Lipinski definition) is 0. The molecule has 2 aromatic rings. The van der Waals surface area contributed by atoms with E-state index in [1.807, 2.05) is 19.1 Å². The Hall–Kier alpha value is -1.33. The van der Waals surface area contributed by atoms with Crippen LogP contribution in [0, 0.1) is 0 Å². The third-order valence-corrected chi connectivity index (χ3v) is 6.48. The summed E-state index contributed by atoms with van der Waals surface area (Å²) in [6.45, 7) is 1.97. The van der Waals surface area contributed by atoms with Crippen LogP contribution in [-0.2, 0) is 22.0 Å². The smallest absolute Gasteiger partial charge is 0.600 e. The van der Waals surface area contributed by atoms with Crippen LogP contribution in [0.25, 0.3) is 10.1 Å². The Kier molecular flexibility index (Phi) is 5.65. The number of fused-ring (bicyclic) bond motifs is 1. The van der Waals surface area contributed by atoms with E-state index in [-0.39, 0.29) is 5.92 Å². The molecule has 0 saturated heterocycles. The number of rotatable bonds is 2. The first kappa shape index (κ1) is 21.0. The number of alkyl halides is 6. The Balaban J connectivity index is 0.000000260. The molecule has 26 heavy (non-hydrogen) atoms. The van der Waals surface area contributed by atoms with Crippen molar-refractivity contribution in [1.29, 1.82) is 0 Å². The maximum absolute atomic E-state index is 13.3. The summed E-state index contributed by atoms with van der Waals surface area (Å²) >= 11 is 0. The molecule has 0 spiro atoms. The zero-order chi connectivity index (χ0) is 19.9. The molecule has 0 amide bonds. The highest BCUT2D eigenvalue weighted by molar-refractivity contribution is 7.86. The van der Waals surface area contributed by atoms with Gasteiger partial charge in [-0.05, 0) is 30.9 Å². The van der Waals surface area contributed by atoms with E-state index in [0.717, 1.165) is 30.2 Å². The summed E-state index contributed by atoms with van der Waals surface area (Å²) in [7, 11) is -7.77. The van der Waals surface area contributed by atoms with E-state index in [9.17, 15) is 26.3 Å². The van der Waals surface area contributed by atoms with Gasteiger partial charge in [0.1, 0.15) is 0 Å². The largest absolute Gasteiger partial charge is 0.741 e. The molecule has 1 saturated carbocycles. The Morgan fingerprint density at radius 3 is 2.04 bits per heavy atom. The lowest BCUT2D eigenvalue weighted by atomic mass is 10.1. The van der Waals surface area contributed by atoms with Crippen molar-refractivity contribution in [2.24, 2.45) is 0 Å². The van der Waals surface area contributed by atoms with Crippen molar-refractivity contribution in [3.8, 4) is 0 Å². The van der Waals surface area contributed by atoms with E-state index in [1.54, 1.807) is 12.1 Å². The van der Waals surface area contributed by atoms with Crippen molar-refractivity contribution in [2.75, 3.05) is 0 Å². The predicted octanol–water partition coefficient (Wildman–Crippen LogP) is 5.56. The molecule has 1 atom stereocenters. The lowest BCUT2D eigenvalue weighted by Crippen LogP contribution is -2.21. The zero-order valence-electron chi connectivity index (χ0n) is 13.3. The molecule has 0 N–H and O–H groups in total. The summed E-state index contributed by atoms with van der Waals surface area (Å²) in [6.07, 6.45) is 2.61. The van der Waals surface area contributed by atoms with Crippen LogP contribution in [0.2, 0.25) is 0 Å². The van der Waals surface area contributed by atoms with Crippen molar-refractivity contribution < 1.29 is 39.3 Å². The third-order valence-electron chi connectivity index (χ3n) is 3.73. The number of benzene rings is 1. The molecule has 0 aliphatic heterocycles. The van der Waals surface area contributed by atoms with Crippen LogP contribution in [0.3, 0.4) is 0 Å². The highest BCUT2D eigenvalue weighted by atomic mass is 32.2. The summed E-state index contributed by atoms with van der Waals surface area (Å²) in [6, 6.07) is 7.30. The summed E-state index contributed by atoms with van der Waals surface area (Å²) < 4.78 is 99.2. The monoisotopic (exact) mass is 420 g/mol. The van der Waals surface area contributed by atoms with Crippen molar-refractivity contribution in [3.63, 3.8) is 0 Å². The van der Waals surface area contributed by atoms with Crippen LogP contribution in [0.1, 0.15) is 36.1 Å². The van der Waals surface area contributed by atoms with Gasteiger partial charge < -0.3 is 4.55 Å². The number of hydrogen-bond acceptors (Lipinski definition) is 3. The molecule has 1 fully saturated rings. The molecular formula is C15H14F6O3S2. The average molecular weight is 420 g/mol. The second-order valence-corrected chi connectivity index (χ2v) is 9.06. The first-order chi connectivity index (χ1) is 11.8.